The lowest BCUT2D eigenvalue weighted by molar-refractivity contribution is -0.0361. The van der Waals surface area contributed by atoms with E-state index in [1.165, 1.54) is 103 Å². The van der Waals surface area contributed by atoms with Gasteiger partial charge in [0.1, 0.15) is 0 Å². The van der Waals surface area contributed by atoms with Crippen LogP contribution in [0.3, 0.4) is 0 Å². The van der Waals surface area contributed by atoms with Gasteiger partial charge in [0.05, 0.1) is 13.2 Å². The molecule has 0 aromatic carbocycles. The highest BCUT2D eigenvalue weighted by atomic mass is 16.5. The molecule has 0 aliphatic carbocycles. The van der Waals surface area contributed by atoms with Gasteiger partial charge in [-0.15, -0.1) is 0 Å². The van der Waals surface area contributed by atoms with Crippen molar-refractivity contribution in [2.75, 3.05) is 26.4 Å². The molecule has 2 nitrogen and oxygen atoms in total. The number of hydrogen-bond donors (Lipinski definition) is 0. The lowest BCUT2D eigenvalue weighted by Crippen LogP contribution is -2.33. The maximum absolute atomic E-state index is 6.21. The van der Waals surface area contributed by atoms with Crippen LogP contribution in [0.4, 0.5) is 0 Å². The Morgan fingerprint density at radius 1 is 0.444 bits per heavy atom. The van der Waals surface area contributed by atoms with Crippen molar-refractivity contribution in [1.29, 1.82) is 0 Å². The molecule has 0 aliphatic heterocycles. The van der Waals surface area contributed by atoms with Crippen LogP contribution >= 0.6 is 0 Å². The standard InChI is InChI=1S/C25H52O2/c1-5-9-13-15-19-25(20-16-14-10-6-2,23-26-21-17-11-7-3)24-27-22-18-12-8-4/h5-24H2,1-4H3. The Labute approximate surface area is 172 Å². The minimum absolute atomic E-state index is 0.250. The zero-order valence-corrected chi connectivity index (χ0v) is 19.5. The fourth-order valence-electron chi connectivity index (χ4n) is 3.79. The third kappa shape index (κ3) is 16.6. The molecule has 0 radical (unpaired) electrons. The van der Waals surface area contributed by atoms with Crippen LogP contribution in [-0.4, -0.2) is 26.4 Å². The van der Waals surface area contributed by atoms with E-state index < -0.39 is 0 Å². The number of hydrogen-bond acceptors (Lipinski definition) is 2. The van der Waals surface area contributed by atoms with Gasteiger partial charge in [0, 0.05) is 18.6 Å². The van der Waals surface area contributed by atoms with E-state index in [9.17, 15) is 0 Å². The zero-order chi connectivity index (χ0) is 20.1. The van der Waals surface area contributed by atoms with Gasteiger partial charge in [-0.3, -0.25) is 0 Å². The van der Waals surface area contributed by atoms with E-state index in [4.69, 9.17) is 9.47 Å². The molecule has 164 valence electrons. The first-order valence-electron chi connectivity index (χ1n) is 12.4. The van der Waals surface area contributed by atoms with Crippen molar-refractivity contribution in [3.8, 4) is 0 Å². The molecule has 0 saturated carbocycles. The van der Waals surface area contributed by atoms with Gasteiger partial charge in [0.15, 0.2) is 0 Å². The first kappa shape index (κ1) is 26.9. The molecule has 0 bridgehead atoms. The van der Waals surface area contributed by atoms with Gasteiger partial charge >= 0.3 is 0 Å². The summed E-state index contributed by atoms with van der Waals surface area (Å²) < 4.78 is 12.4. The predicted molar refractivity (Wildman–Crippen MR) is 121 cm³/mol. The minimum atomic E-state index is 0.250. The van der Waals surface area contributed by atoms with Gasteiger partial charge in [0.25, 0.3) is 0 Å². The van der Waals surface area contributed by atoms with Crippen molar-refractivity contribution in [3.63, 3.8) is 0 Å². The average Bonchev–Trinajstić information content (AvgIpc) is 2.68. The topological polar surface area (TPSA) is 18.5 Å². The van der Waals surface area contributed by atoms with Crippen molar-refractivity contribution in [3.05, 3.63) is 0 Å². The van der Waals surface area contributed by atoms with Gasteiger partial charge < -0.3 is 9.47 Å². The highest BCUT2D eigenvalue weighted by Crippen LogP contribution is 2.33. The number of rotatable bonds is 22. The summed E-state index contributed by atoms with van der Waals surface area (Å²) in [6.07, 6.45) is 20.8. The van der Waals surface area contributed by atoms with Gasteiger partial charge in [-0.2, -0.15) is 0 Å². The smallest absolute Gasteiger partial charge is 0.0544 e. The maximum Gasteiger partial charge on any atom is 0.0544 e. The Kier molecular flexibility index (Phi) is 20.6. The number of unbranched alkanes of at least 4 members (excludes halogenated alkanes) is 10. The van der Waals surface area contributed by atoms with E-state index in [0.29, 0.717) is 0 Å². The highest BCUT2D eigenvalue weighted by molar-refractivity contribution is 4.80. The lowest BCUT2D eigenvalue weighted by Gasteiger charge is -2.34. The van der Waals surface area contributed by atoms with E-state index in [0.717, 1.165) is 26.4 Å². The van der Waals surface area contributed by atoms with Crippen LogP contribution in [0.5, 0.6) is 0 Å². The second kappa shape index (κ2) is 20.6. The summed E-state index contributed by atoms with van der Waals surface area (Å²) in [5.74, 6) is 0. The van der Waals surface area contributed by atoms with Crippen molar-refractivity contribution < 1.29 is 9.47 Å². The molecule has 0 heterocycles. The predicted octanol–water partition coefficient (Wildman–Crippen LogP) is 8.33. The highest BCUT2D eigenvalue weighted by Gasteiger charge is 2.30. The molecule has 0 aromatic rings. The zero-order valence-electron chi connectivity index (χ0n) is 19.5. The summed E-state index contributed by atoms with van der Waals surface area (Å²) in [5.41, 5.74) is 0.250. The summed E-state index contributed by atoms with van der Waals surface area (Å²) >= 11 is 0. The SMILES string of the molecule is CCCCCCC(CCCCCC)(COCCCCC)COCCCCC. The molecular formula is C25H52O2. The van der Waals surface area contributed by atoms with Gasteiger partial charge in [-0.05, 0) is 25.7 Å². The van der Waals surface area contributed by atoms with Crippen molar-refractivity contribution >= 4 is 0 Å². The van der Waals surface area contributed by atoms with Gasteiger partial charge in [0.2, 0.25) is 0 Å². The van der Waals surface area contributed by atoms with Crippen LogP contribution in [0.2, 0.25) is 0 Å². The Morgan fingerprint density at radius 3 is 1.19 bits per heavy atom. The van der Waals surface area contributed by atoms with E-state index in [2.05, 4.69) is 27.7 Å². The van der Waals surface area contributed by atoms with Crippen LogP contribution < -0.4 is 0 Å². The van der Waals surface area contributed by atoms with Gasteiger partial charge in [-0.25, -0.2) is 0 Å². The molecule has 0 saturated heterocycles. The third-order valence-electron chi connectivity index (χ3n) is 5.72. The molecule has 0 rings (SSSR count). The summed E-state index contributed by atoms with van der Waals surface area (Å²) in [7, 11) is 0. The molecule has 0 spiro atoms. The molecule has 0 fully saturated rings. The fourth-order valence-corrected chi connectivity index (χ4v) is 3.79. The summed E-state index contributed by atoms with van der Waals surface area (Å²) in [6, 6.07) is 0. The van der Waals surface area contributed by atoms with Crippen molar-refractivity contribution in [2.45, 2.75) is 130 Å². The van der Waals surface area contributed by atoms with E-state index in [-0.39, 0.29) is 5.41 Å². The quantitative estimate of drug-likeness (QED) is 0.175. The fraction of sp³-hybridized carbons (Fsp3) is 1.00. The summed E-state index contributed by atoms with van der Waals surface area (Å²) in [4.78, 5) is 0. The molecular weight excluding hydrogens is 332 g/mol. The summed E-state index contributed by atoms with van der Waals surface area (Å²) in [5, 5.41) is 0. The number of ether oxygens (including phenoxy) is 2. The maximum atomic E-state index is 6.21. The average molecular weight is 385 g/mol. The largest absolute Gasteiger partial charge is 0.381 e. The van der Waals surface area contributed by atoms with E-state index in [1.807, 2.05) is 0 Å². The van der Waals surface area contributed by atoms with Crippen molar-refractivity contribution in [2.24, 2.45) is 5.41 Å². The van der Waals surface area contributed by atoms with Crippen molar-refractivity contribution in [1.82, 2.24) is 0 Å². The molecule has 27 heavy (non-hydrogen) atoms. The lowest BCUT2D eigenvalue weighted by atomic mass is 9.79. The van der Waals surface area contributed by atoms with E-state index >= 15 is 0 Å². The third-order valence-corrected chi connectivity index (χ3v) is 5.72. The minimum Gasteiger partial charge on any atom is -0.381 e. The van der Waals surface area contributed by atoms with Crippen LogP contribution in [0.1, 0.15) is 130 Å². The first-order chi connectivity index (χ1) is 13.2. The van der Waals surface area contributed by atoms with Crippen LogP contribution in [0.15, 0.2) is 0 Å². The van der Waals surface area contributed by atoms with Crippen LogP contribution in [0.25, 0.3) is 0 Å². The van der Waals surface area contributed by atoms with Crippen LogP contribution in [0, 0.1) is 5.41 Å². The molecule has 0 aliphatic rings. The van der Waals surface area contributed by atoms with Crippen LogP contribution in [-0.2, 0) is 9.47 Å². The molecule has 0 amide bonds. The first-order valence-corrected chi connectivity index (χ1v) is 12.4. The molecule has 2 heteroatoms. The molecule has 0 atom stereocenters. The normalized spacial score (nSPS) is 12.0. The van der Waals surface area contributed by atoms with E-state index in [1.54, 1.807) is 0 Å². The Morgan fingerprint density at radius 2 is 0.815 bits per heavy atom. The molecule has 0 unspecified atom stereocenters. The second-order valence-electron chi connectivity index (χ2n) is 8.64. The molecule has 0 aromatic heterocycles. The summed E-state index contributed by atoms with van der Waals surface area (Å²) in [6.45, 7) is 12.8. The monoisotopic (exact) mass is 384 g/mol. The second-order valence-corrected chi connectivity index (χ2v) is 8.64. The Balaban J connectivity index is 4.64. The Bertz CT molecular complexity index is 249. The Hall–Kier alpha value is -0.0800. The molecule has 0 N–H and O–H groups in total. The van der Waals surface area contributed by atoms with Gasteiger partial charge in [-0.1, -0.05) is 105 Å².